The summed E-state index contributed by atoms with van der Waals surface area (Å²) in [6.07, 6.45) is 4.62. The van der Waals surface area contributed by atoms with Crippen molar-refractivity contribution in [3.8, 4) is 5.75 Å². The number of piperidine rings is 3. The van der Waals surface area contributed by atoms with E-state index in [2.05, 4.69) is 87.9 Å². The average Bonchev–Trinajstić information content (AvgIpc) is 3.49. The number of allylic oxidation sites excluding steroid dienone is 1. The van der Waals surface area contributed by atoms with Gasteiger partial charge in [-0.15, -0.1) is 11.6 Å². The van der Waals surface area contributed by atoms with E-state index in [1.165, 1.54) is 22.8 Å². The number of nitrogens with one attached hydrogen (secondary N) is 1. The van der Waals surface area contributed by atoms with Crippen LogP contribution in [0.1, 0.15) is 93.8 Å². The number of carbonyl (C=O) groups excluding carboxylic acids is 4. The molecule has 1 atom stereocenters. The number of halogens is 2. The van der Waals surface area contributed by atoms with Gasteiger partial charge in [0, 0.05) is 25.4 Å². The summed E-state index contributed by atoms with van der Waals surface area (Å²) in [6, 6.07) is 31.0. The van der Waals surface area contributed by atoms with E-state index in [0.717, 1.165) is 99.2 Å². The van der Waals surface area contributed by atoms with Crippen LogP contribution >= 0.6 is 11.6 Å². The van der Waals surface area contributed by atoms with Gasteiger partial charge in [0.25, 0.3) is 11.8 Å². The first-order valence-corrected chi connectivity index (χ1v) is 21.4. The van der Waals surface area contributed by atoms with Gasteiger partial charge in [0.15, 0.2) is 0 Å². The number of amides is 4. The molecule has 3 saturated heterocycles. The first-order chi connectivity index (χ1) is 28.8. The zero-order chi connectivity index (χ0) is 40.9. The van der Waals surface area contributed by atoms with Crippen LogP contribution in [0.3, 0.4) is 0 Å². The third-order valence-corrected chi connectivity index (χ3v) is 12.6. The van der Waals surface area contributed by atoms with E-state index in [-0.39, 0.29) is 29.9 Å². The summed E-state index contributed by atoms with van der Waals surface area (Å²) in [5.74, 6) is -0.975. The smallest absolute Gasteiger partial charge is 0.262 e. The molecule has 11 heteroatoms. The molecule has 4 aromatic rings. The Labute approximate surface area is 350 Å². The maximum atomic E-state index is 15.5. The molecule has 4 aliphatic rings. The zero-order valence-corrected chi connectivity index (χ0v) is 34.0. The summed E-state index contributed by atoms with van der Waals surface area (Å²) in [5, 5.41) is 2.20. The highest BCUT2D eigenvalue weighted by atomic mass is 35.5. The lowest BCUT2D eigenvalue weighted by atomic mass is 9.86. The van der Waals surface area contributed by atoms with E-state index in [0.29, 0.717) is 24.0 Å². The SMILES string of the molecule is O=C1CCC(N2C(=O)c3cc(F)c(C4CCN(CC5CCN(CCOc6ccc(C(=C(CCCl)c7ccccc7)c7ccccc7)cc6)CC5)CC4)cc3C2=O)C(=O)N1. The third-order valence-electron chi connectivity index (χ3n) is 12.5. The van der Waals surface area contributed by atoms with Gasteiger partial charge in [0.1, 0.15) is 24.2 Å². The molecular weight excluding hydrogens is 767 g/mol. The molecule has 3 fully saturated rings. The van der Waals surface area contributed by atoms with Crippen LogP contribution in [0.15, 0.2) is 97.1 Å². The zero-order valence-electron chi connectivity index (χ0n) is 33.2. The second-order valence-electron chi connectivity index (χ2n) is 16.1. The highest BCUT2D eigenvalue weighted by Crippen LogP contribution is 2.37. The second kappa shape index (κ2) is 18.4. The van der Waals surface area contributed by atoms with Crippen molar-refractivity contribution in [3.63, 3.8) is 0 Å². The van der Waals surface area contributed by atoms with Crippen LogP contribution in [0.4, 0.5) is 4.39 Å². The van der Waals surface area contributed by atoms with Gasteiger partial charge >= 0.3 is 0 Å². The molecule has 1 N–H and O–H groups in total. The minimum Gasteiger partial charge on any atom is -0.492 e. The molecule has 0 saturated carbocycles. The van der Waals surface area contributed by atoms with Crippen LogP contribution in [-0.4, -0.2) is 96.1 Å². The average molecular weight is 817 g/mol. The fourth-order valence-corrected chi connectivity index (χ4v) is 9.47. The highest BCUT2D eigenvalue weighted by molar-refractivity contribution is 6.23. The Bertz CT molecular complexity index is 2200. The summed E-state index contributed by atoms with van der Waals surface area (Å²) in [7, 11) is 0. The number of hydrogen-bond acceptors (Lipinski definition) is 7. The molecule has 0 aromatic heterocycles. The quantitative estimate of drug-likeness (QED) is 0.0837. The molecule has 1 unspecified atom stereocenters. The number of hydrogen-bond donors (Lipinski definition) is 1. The number of nitrogens with zero attached hydrogens (tertiary/aromatic N) is 3. The number of benzene rings is 4. The van der Waals surface area contributed by atoms with Crippen molar-refractivity contribution in [1.29, 1.82) is 0 Å². The predicted octanol–water partition coefficient (Wildman–Crippen LogP) is 7.79. The topological polar surface area (TPSA) is 99.3 Å². The van der Waals surface area contributed by atoms with Crippen molar-refractivity contribution in [1.82, 2.24) is 20.0 Å². The lowest BCUT2D eigenvalue weighted by Gasteiger charge is -2.37. The van der Waals surface area contributed by atoms with E-state index < -0.39 is 35.5 Å². The summed E-state index contributed by atoms with van der Waals surface area (Å²) in [5.41, 5.74) is 6.43. The van der Waals surface area contributed by atoms with Gasteiger partial charge in [-0.3, -0.25) is 34.3 Å². The van der Waals surface area contributed by atoms with Crippen LogP contribution in [-0.2, 0) is 9.59 Å². The molecule has 4 heterocycles. The second-order valence-corrected chi connectivity index (χ2v) is 16.5. The molecule has 0 spiro atoms. The van der Waals surface area contributed by atoms with Crippen molar-refractivity contribution >= 4 is 46.4 Å². The normalized spacial score (nSPS) is 20.1. The minimum absolute atomic E-state index is 0.0208. The number of imide groups is 2. The summed E-state index contributed by atoms with van der Waals surface area (Å²) in [6.45, 7) is 6.24. The largest absolute Gasteiger partial charge is 0.492 e. The fourth-order valence-electron chi connectivity index (χ4n) is 9.28. The van der Waals surface area contributed by atoms with Crippen LogP contribution in [0.25, 0.3) is 11.1 Å². The molecule has 8 rings (SSSR count). The lowest BCUT2D eigenvalue weighted by molar-refractivity contribution is -0.136. The van der Waals surface area contributed by atoms with Crippen LogP contribution in [0.5, 0.6) is 5.75 Å². The van der Waals surface area contributed by atoms with Gasteiger partial charge in [-0.1, -0.05) is 72.8 Å². The van der Waals surface area contributed by atoms with Crippen molar-refractivity contribution in [2.45, 2.75) is 56.9 Å². The van der Waals surface area contributed by atoms with E-state index in [1.807, 2.05) is 12.1 Å². The third kappa shape index (κ3) is 9.05. The first-order valence-electron chi connectivity index (χ1n) is 20.9. The van der Waals surface area contributed by atoms with Gasteiger partial charge in [-0.05, 0) is 134 Å². The molecular formula is C48H50ClFN4O5. The van der Waals surface area contributed by atoms with Gasteiger partial charge < -0.3 is 9.64 Å². The molecule has 4 aromatic carbocycles. The summed E-state index contributed by atoms with van der Waals surface area (Å²) >= 11 is 6.34. The Morgan fingerprint density at radius 3 is 1.98 bits per heavy atom. The maximum absolute atomic E-state index is 15.5. The van der Waals surface area contributed by atoms with Gasteiger partial charge in [-0.2, -0.15) is 0 Å². The lowest BCUT2D eigenvalue weighted by Crippen LogP contribution is -2.54. The maximum Gasteiger partial charge on any atom is 0.262 e. The number of fused-ring (bicyclic) bond motifs is 1. The summed E-state index contributed by atoms with van der Waals surface area (Å²) < 4.78 is 21.7. The number of rotatable bonds is 13. The molecule has 59 heavy (non-hydrogen) atoms. The van der Waals surface area contributed by atoms with Gasteiger partial charge in [0.05, 0.1) is 11.1 Å². The minimum atomic E-state index is -1.07. The molecule has 4 aliphatic heterocycles. The fraction of sp³-hybridized carbons (Fsp3) is 0.375. The Morgan fingerprint density at radius 2 is 1.34 bits per heavy atom. The van der Waals surface area contributed by atoms with Crippen LogP contribution < -0.4 is 10.1 Å². The molecule has 0 aliphatic carbocycles. The number of carbonyl (C=O) groups is 4. The van der Waals surface area contributed by atoms with Crippen molar-refractivity contribution in [3.05, 3.63) is 136 Å². The van der Waals surface area contributed by atoms with E-state index in [4.69, 9.17) is 16.3 Å². The first kappa shape index (κ1) is 40.6. The van der Waals surface area contributed by atoms with Crippen LogP contribution in [0.2, 0.25) is 0 Å². The van der Waals surface area contributed by atoms with Crippen molar-refractivity contribution < 1.29 is 28.3 Å². The van der Waals surface area contributed by atoms with Gasteiger partial charge in [-0.25, -0.2) is 4.39 Å². The van der Waals surface area contributed by atoms with Crippen molar-refractivity contribution in [2.75, 3.05) is 51.8 Å². The molecule has 306 valence electrons. The monoisotopic (exact) mass is 816 g/mol. The standard InChI is InChI=1S/C48H50ClFN4O5/c49-22-17-38(33-7-3-1-4-8-33)45(35-9-5-2-6-10-35)36-11-13-37(14-12-36)59-28-27-52-23-18-32(19-24-52)31-53-25-20-34(21-26-53)39-29-40-41(30-42(39)50)48(58)54(47(40)57)43-15-16-44(55)51-46(43)56/h1-14,29-30,32,34,43H,15-28,31H2,(H,51,55,56). The molecule has 9 nitrogen and oxygen atoms in total. The Balaban J connectivity index is 0.798. The van der Waals surface area contributed by atoms with E-state index in [9.17, 15) is 19.2 Å². The Morgan fingerprint density at radius 1 is 0.729 bits per heavy atom. The predicted molar refractivity (Wildman–Crippen MR) is 227 cm³/mol. The van der Waals surface area contributed by atoms with Crippen molar-refractivity contribution in [2.24, 2.45) is 5.92 Å². The van der Waals surface area contributed by atoms with Gasteiger partial charge in [0.2, 0.25) is 11.8 Å². The highest BCUT2D eigenvalue weighted by Gasteiger charge is 2.45. The number of ether oxygens (including phenoxy) is 1. The van der Waals surface area contributed by atoms with Crippen LogP contribution in [0, 0.1) is 11.7 Å². The Kier molecular flexibility index (Phi) is 12.7. The number of alkyl halides is 1. The van der Waals surface area contributed by atoms with E-state index in [1.54, 1.807) is 0 Å². The summed E-state index contributed by atoms with van der Waals surface area (Å²) in [4.78, 5) is 56.4. The Hall–Kier alpha value is -5.16. The molecule has 4 amide bonds. The number of likely N-dealkylation sites (tertiary alicyclic amines) is 2. The molecule has 0 radical (unpaired) electrons. The van der Waals surface area contributed by atoms with E-state index >= 15 is 4.39 Å². The molecule has 0 bridgehead atoms.